The molecule has 0 aliphatic carbocycles. The van der Waals surface area contributed by atoms with Crippen molar-refractivity contribution < 1.29 is 0 Å². The van der Waals surface area contributed by atoms with Crippen molar-refractivity contribution in [2.75, 3.05) is 0 Å². The third-order valence-electron chi connectivity index (χ3n) is 3.34. The molecule has 0 atom stereocenters. The molecule has 3 aromatic rings. The number of aryl methyl sites for hydroxylation is 1. The van der Waals surface area contributed by atoms with Crippen LogP contribution < -0.4 is 4.59 Å². The van der Waals surface area contributed by atoms with E-state index in [0.717, 1.165) is 21.0 Å². The van der Waals surface area contributed by atoms with Crippen LogP contribution in [0.4, 0.5) is 11.4 Å². The molecule has 7 heteroatoms. The van der Waals surface area contributed by atoms with Crippen molar-refractivity contribution in [1.82, 2.24) is 9.58 Å². The zero-order valence-electron chi connectivity index (χ0n) is 13.0. The van der Waals surface area contributed by atoms with E-state index in [0.29, 0.717) is 0 Å². The Morgan fingerprint density at radius 3 is 1.83 bits per heavy atom. The van der Waals surface area contributed by atoms with Gasteiger partial charge in [-0.15, -0.1) is 11.3 Å². The SMILES string of the molecule is C1=NN=N[N+]1(c1ccccc1)c1ccccc1.Cc1csc(Br)n1. The first-order valence-electron chi connectivity index (χ1n) is 7.25. The number of quaternary nitrogens is 1. The van der Waals surface area contributed by atoms with Crippen LogP contribution >= 0.6 is 27.3 Å². The van der Waals surface area contributed by atoms with Gasteiger partial charge in [0.15, 0.2) is 15.3 Å². The largest absolute Gasteiger partial charge is 0.250 e. The first-order chi connectivity index (χ1) is 11.7. The highest BCUT2D eigenvalue weighted by Gasteiger charge is 2.36. The van der Waals surface area contributed by atoms with Crippen LogP contribution in [0.25, 0.3) is 0 Å². The van der Waals surface area contributed by atoms with Crippen molar-refractivity contribution in [1.29, 1.82) is 0 Å². The summed E-state index contributed by atoms with van der Waals surface area (Å²) in [5, 5.41) is 13.9. The second-order valence-corrected chi connectivity index (χ2v) is 7.14. The molecule has 1 aliphatic heterocycles. The zero-order valence-corrected chi connectivity index (χ0v) is 15.4. The lowest BCUT2D eigenvalue weighted by molar-refractivity contribution is 0.586. The quantitative estimate of drug-likeness (QED) is 0.496. The highest BCUT2D eigenvalue weighted by atomic mass is 79.9. The summed E-state index contributed by atoms with van der Waals surface area (Å²) >= 11 is 4.85. The Bertz CT molecular complexity index is 776. The molecular weight excluding hydrogens is 386 g/mol. The van der Waals surface area contributed by atoms with E-state index in [4.69, 9.17) is 0 Å². The van der Waals surface area contributed by atoms with E-state index in [2.05, 4.69) is 36.5 Å². The van der Waals surface area contributed by atoms with Gasteiger partial charge in [0.2, 0.25) is 6.34 Å². The van der Waals surface area contributed by atoms with Crippen molar-refractivity contribution >= 4 is 45.0 Å². The molecule has 0 saturated heterocycles. The summed E-state index contributed by atoms with van der Waals surface area (Å²) in [6, 6.07) is 20.0. The summed E-state index contributed by atoms with van der Waals surface area (Å²) in [5.74, 6) is 0. The molecule has 0 bridgehead atoms. The molecule has 0 radical (unpaired) electrons. The fourth-order valence-electron chi connectivity index (χ4n) is 2.23. The van der Waals surface area contributed by atoms with Gasteiger partial charge in [0, 0.05) is 40.6 Å². The molecule has 4 rings (SSSR count). The average molecular weight is 401 g/mol. The lowest BCUT2D eigenvalue weighted by Crippen LogP contribution is -2.34. The summed E-state index contributed by atoms with van der Waals surface area (Å²) in [5.41, 5.74) is 3.12. The highest BCUT2D eigenvalue weighted by molar-refractivity contribution is 9.11. The van der Waals surface area contributed by atoms with Gasteiger partial charge in [-0.2, -0.15) is 0 Å². The van der Waals surface area contributed by atoms with E-state index in [9.17, 15) is 0 Å². The van der Waals surface area contributed by atoms with Crippen LogP contribution in [-0.4, -0.2) is 11.3 Å². The second kappa shape index (κ2) is 7.57. The monoisotopic (exact) mass is 400 g/mol. The first kappa shape index (κ1) is 16.6. The standard InChI is InChI=1S/C13H11N4.C4H4BrNS/c1-3-7-12(8-4-1)17(11-14-15-16-17)13-9-5-2-6-10-13;1-3-2-7-4(5)6-3/h1-11H;2H,1H3/q+1;. The van der Waals surface area contributed by atoms with Crippen LogP contribution in [0, 0.1) is 6.92 Å². The van der Waals surface area contributed by atoms with Gasteiger partial charge in [-0.25, -0.2) is 4.98 Å². The number of aromatic nitrogens is 1. The van der Waals surface area contributed by atoms with Crippen LogP contribution in [0.1, 0.15) is 5.69 Å². The van der Waals surface area contributed by atoms with Crippen LogP contribution in [0.2, 0.25) is 0 Å². The average Bonchev–Trinajstić information content (AvgIpc) is 3.27. The van der Waals surface area contributed by atoms with Crippen LogP contribution in [0.15, 0.2) is 85.5 Å². The first-order valence-corrected chi connectivity index (χ1v) is 8.92. The second-order valence-electron chi connectivity index (χ2n) is 5.01. The predicted molar refractivity (Wildman–Crippen MR) is 102 cm³/mol. The number of hydrogen-bond acceptors (Lipinski definition) is 5. The smallest absolute Gasteiger partial charge is 0.234 e. The van der Waals surface area contributed by atoms with E-state index in [1.54, 1.807) is 17.7 Å². The van der Waals surface area contributed by atoms with Gasteiger partial charge in [0.25, 0.3) is 0 Å². The Morgan fingerprint density at radius 1 is 0.917 bits per heavy atom. The van der Waals surface area contributed by atoms with Gasteiger partial charge in [-0.05, 0) is 22.9 Å². The Kier molecular flexibility index (Phi) is 5.24. The predicted octanol–water partition coefficient (Wildman–Crippen LogP) is 5.86. The van der Waals surface area contributed by atoms with Gasteiger partial charge in [0.05, 0.1) is 5.22 Å². The molecule has 24 heavy (non-hydrogen) atoms. The third-order valence-corrected chi connectivity index (χ3v) is 4.82. The molecule has 0 amide bonds. The minimum Gasteiger partial charge on any atom is -0.234 e. The number of hydrogen-bond donors (Lipinski definition) is 0. The van der Waals surface area contributed by atoms with E-state index in [1.165, 1.54) is 0 Å². The molecule has 0 fully saturated rings. The van der Waals surface area contributed by atoms with E-state index >= 15 is 0 Å². The molecule has 1 aliphatic rings. The van der Waals surface area contributed by atoms with Gasteiger partial charge in [0.1, 0.15) is 0 Å². The number of halogens is 1. The minimum atomic E-state index is 0.196. The maximum atomic E-state index is 4.25. The summed E-state index contributed by atoms with van der Waals surface area (Å²) in [6.45, 7) is 1.97. The Hall–Kier alpha value is -2.22. The van der Waals surface area contributed by atoms with Gasteiger partial charge < -0.3 is 0 Å². The minimum absolute atomic E-state index is 0.196. The third kappa shape index (κ3) is 3.64. The molecule has 5 nitrogen and oxygen atoms in total. The maximum absolute atomic E-state index is 4.25. The van der Waals surface area contributed by atoms with Gasteiger partial charge >= 0.3 is 0 Å². The maximum Gasteiger partial charge on any atom is 0.250 e. The topological polar surface area (TPSA) is 50.0 Å². The van der Waals surface area contributed by atoms with Crippen molar-refractivity contribution in [2.45, 2.75) is 6.92 Å². The molecule has 2 aromatic carbocycles. The van der Waals surface area contributed by atoms with Crippen molar-refractivity contribution in [3.63, 3.8) is 0 Å². The van der Waals surface area contributed by atoms with Gasteiger partial charge in [-0.1, -0.05) is 46.1 Å². The van der Waals surface area contributed by atoms with Crippen molar-refractivity contribution in [3.8, 4) is 0 Å². The van der Waals surface area contributed by atoms with E-state index in [-0.39, 0.29) is 4.59 Å². The lowest BCUT2D eigenvalue weighted by atomic mass is 10.2. The Morgan fingerprint density at radius 2 is 1.50 bits per heavy atom. The number of rotatable bonds is 2. The van der Waals surface area contributed by atoms with Crippen molar-refractivity contribution in [2.24, 2.45) is 15.5 Å². The number of benzene rings is 2. The fourth-order valence-corrected chi connectivity index (χ4v) is 3.31. The number of para-hydroxylation sites is 2. The Labute approximate surface area is 152 Å². The summed E-state index contributed by atoms with van der Waals surface area (Å²) in [7, 11) is 0. The molecule has 0 unspecified atom stereocenters. The molecule has 2 heterocycles. The Balaban J connectivity index is 0.000000203. The molecule has 1 aromatic heterocycles. The van der Waals surface area contributed by atoms with Crippen LogP contribution in [0.3, 0.4) is 0 Å². The fraction of sp³-hybridized carbons (Fsp3) is 0.0588. The zero-order chi connectivity index (χ0) is 16.8. The summed E-state index contributed by atoms with van der Waals surface area (Å²) < 4.78 is 1.16. The molecule has 0 N–H and O–H groups in total. The van der Waals surface area contributed by atoms with Crippen LogP contribution in [0.5, 0.6) is 0 Å². The molecule has 0 spiro atoms. The molecular formula is C17H15BrN5S+. The lowest BCUT2D eigenvalue weighted by Gasteiger charge is -2.20. The number of thiazole rings is 1. The summed E-state index contributed by atoms with van der Waals surface area (Å²) in [4.78, 5) is 4.05. The molecule has 120 valence electrons. The summed E-state index contributed by atoms with van der Waals surface area (Å²) in [6.07, 6.45) is 1.73. The van der Waals surface area contributed by atoms with Crippen molar-refractivity contribution in [3.05, 3.63) is 75.7 Å². The molecule has 0 saturated carbocycles. The van der Waals surface area contributed by atoms with E-state index in [1.807, 2.05) is 73.0 Å². The highest BCUT2D eigenvalue weighted by Crippen LogP contribution is 2.35. The van der Waals surface area contributed by atoms with E-state index < -0.39 is 0 Å². The van der Waals surface area contributed by atoms with Crippen LogP contribution in [-0.2, 0) is 0 Å². The van der Waals surface area contributed by atoms with Gasteiger partial charge in [-0.3, -0.25) is 0 Å². The normalized spacial score (nSPS) is 14.2. The number of nitrogens with zero attached hydrogens (tertiary/aromatic N) is 5.